The fourth-order valence-corrected chi connectivity index (χ4v) is 1.25. The Morgan fingerprint density at radius 1 is 0.957 bits per heavy atom. The first kappa shape index (κ1) is 29.7. The largest absolute Gasteiger partial charge is 0.103 e. The Balaban J connectivity index is -0.000000114. The Hall–Kier alpha value is -1.30. The minimum Gasteiger partial charge on any atom is -0.103 e. The molecule has 1 aromatic carbocycles. The molecule has 0 bridgehead atoms. The number of unbranched alkanes of at least 4 members (excludes halogenated alkanes) is 1. The fourth-order valence-electron chi connectivity index (χ4n) is 1.25. The van der Waals surface area contributed by atoms with Crippen molar-refractivity contribution in [2.75, 3.05) is 0 Å². The van der Waals surface area contributed by atoms with Gasteiger partial charge >= 0.3 is 0 Å². The summed E-state index contributed by atoms with van der Waals surface area (Å²) in [6.07, 6.45) is 7.94. The maximum Gasteiger partial charge on any atom is -0.0307 e. The fraction of sp³-hybridized carbons (Fsp3) is 0.565. The molecule has 1 aromatic rings. The van der Waals surface area contributed by atoms with Gasteiger partial charge < -0.3 is 0 Å². The summed E-state index contributed by atoms with van der Waals surface area (Å²) in [5.41, 5.74) is 4.05. The highest BCUT2D eigenvalue weighted by Crippen LogP contribution is 2.02. The number of aryl methyl sites for hydroxylation is 2. The molecule has 0 fully saturated rings. The minimum atomic E-state index is 0. The Morgan fingerprint density at radius 2 is 1.35 bits per heavy atom. The molecule has 0 atom stereocenters. The molecule has 0 saturated carbocycles. The average Bonchev–Trinajstić information content (AvgIpc) is 2.49. The number of benzene rings is 1. The quantitative estimate of drug-likeness (QED) is 0.487. The molecular weight excluding hydrogens is 276 g/mol. The third-order valence-electron chi connectivity index (χ3n) is 2.71. The van der Waals surface area contributed by atoms with Gasteiger partial charge in [0.1, 0.15) is 0 Å². The Bertz CT molecular complexity index is 328. The highest BCUT2D eigenvalue weighted by atomic mass is 13.9. The summed E-state index contributed by atoms with van der Waals surface area (Å²) < 4.78 is 0. The monoisotopic (exact) mass is 320 g/mol. The minimum absolute atomic E-state index is 0. The van der Waals surface area contributed by atoms with Crippen LogP contribution >= 0.6 is 0 Å². The average molecular weight is 321 g/mol. The van der Waals surface area contributed by atoms with Crippen molar-refractivity contribution in [1.82, 2.24) is 0 Å². The SMILES string of the molecule is C.C=C(C)CCC.C=CC.CCCC.CCc1ccc(C)cc1. The first-order chi connectivity index (χ1) is 10.4. The lowest BCUT2D eigenvalue weighted by molar-refractivity contribution is 0.886. The second-order valence-electron chi connectivity index (χ2n) is 5.45. The van der Waals surface area contributed by atoms with E-state index >= 15 is 0 Å². The number of hydrogen-bond donors (Lipinski definition) is 0. The topological polar surface area (TPSA) is 0 Å². The third kappa shape index (κ3) is 33.5. The van der Waals surface area contributed by atoms with E-state index in [-0.39, 0.29) is 7.43 Å². The molecule has 0 amide bonds. The first-order valence-corrected chi connectivity index (χ1v) is 8.70. The lowest BCUT2D eigenvalue weighted by Gasteiger charge is -1.94. The molecule has 23 heavy (non-hydrogen) atoms. The van der Waals surface area contributed by atoms with Crippen LogP contribution in [0.5, 0.6) is 0 Å². The van der Waals surface area contributed by atoms with Crippen LogP contribution in [-0.2, 0) is 6.42 Å². The van der Waals surface area contributed by atoms with Crippen molar-refractivity contribution in [1.29, 1.82) is 0 Å². The van der Waals surface area contributed by atoms with E-state index in [4.69, 9.17) is 0 Å². The molecule has 0 unspecified atom stereocenters. The number of rotatable bonds is 4. The van der Waals surface area contributed by atoms with E-state index < -0.39 is 0 Å². The molecule has 1 rings (SSSR count). The number of allylic oxidation sites excluding steroid dienone is 2. The van der Waals surface area contributed by atoms with Crippen molar-refractivity contribution < 1.29 is 0 Å². The summed E-state index contributed by atoms with van der Waals surface area (Å²) in [4.78, 5) is 0. The van der Waals surface area contributed by atoms with Crippen LogP contribution in [0, 0.1) is 6.92 Å². The van der Waals surface area contributed by atoms with Gasteiger partial charge in [0.15, 0.2) is 0 Å². The molecule has 0 heterocycles. The van der Waals surface area contributed by atoms with E-state index in [1.54, 1.807) is 6.08 Å². The van der Waals surface area contributed by atoms with Crippen molar-refractivity contribution in [3.63, 3.8) is 0 Å². The van der Waals surface area contributed by atoms with E-state index in [9.17, 15) is 0 Å². The van der Waals surface area contributed by atoms with Gasteiger partial charge in [-0.3, -0.25) is 0 Å². The van der Waals surface area contributed by atoms with Crippen LogP contribution in [0.2, 0.25) is 0 Å². The predicted octanol–water partition coefficient (Wildman–Crippen LogP) is 8.55. The van der Waals surface area contributed by atoms with Crippen molar-refractivity contribution >= 4 is 0 Å². The predicted molar refractivity (Wildman–Crippen MR) is 113 cm³/mol. The van der Waals surface area contributed by atoms with Gasteiger partial charge in [-0.15, -0.1) is 13.2 Å². The van der Waals surface area contributed by atoms with Crippen molar-refractivity contribution in [2.24, 2.45) is 0 Å². The van der Waals surface area contributed by atoms with Crippen LogP contribution in [-0.4, -0.2) is 0 Å². The zero-order chi connectivity index (χ0) is 17.8. The van der Waals surface area contributed by atoms with Crippen molar-refractivity contribution in [3.8, 4) is 0 Å². The zero-order valence-electron chi connectivity index (χ0n) is 16.3. The maximum absolute atomic E-state index is 3.74. The van der Waals surface area contributed by atoms with Gasteiger partial charge in [0.2, 0.25) is 0 Å². The van der Waals surface area contributed by atoms with Crippen LogP contribution in [0.15, 0.2) is 49.1 Å². The summed E-state index contributed by atoms with van der Waals surface area (Å²) in [5.74, 6) is 0. The molecule has 0 aliphatic rings. The maximum atomic E-state index is 3.74. The Kier molecular flexibility index (Phi) is 33.1. The molecular formula is C23H44. The molecule has 0 heteroatoms. The van der Waals surface area contributed by atoms with E-state index in [1.807, 2.05) is 6.92 Å². The zero-order valence-corrected chi connectivity index (χ0v) is 16.3. The number of hydrogen-bond acceptors (Lipinski definition) is 0. The highest BCUT2D eigenvalue weighted by molar-refractivity contribution is 5.20. The third-order valence-corrected chi connectivity index (χ3v) is 2.71. The van der Waals surface area contributed by atoms with Gasteiger partial charge in [0, 0.05) is 0 Å². The standard InChI is InChI=1S/C9H12.C6H12.C4H10.C3H6.CH4/c1-3-9-6-4-8(2)5-7-9;1-4-5-6(2)3;1-3-4-2;1-3-2;/h4-7H,3H2,1-2H3;2,4-5H2,1,3H3;3-4H2,1-2H3;3H,1H2,2H3;1H4. The van der Waals surface area contributed by atoms with Crippen molar-refractivity contribution in [3.05, 3.63) is 60.2 Å². The van der Waals surface area contributed by atoms with Crippen LogP contribution in [0.4, 0.5) is 0 Å². The summed E-state index contributed by atoms with van der Waals surface area (Å²) in [7, 11) is 0. The van der Waals surface area contributed by atoms with E-state index in [0.717, 1.165) is 6.42 Å². The van der Waals surface area contributed by atoms with Gasteiger partial charge in [-0.1, -0.05) is 95.9 Å². The van der Waals surface area contributed by atoms with Crippen LogP contribution in [0.1, 0.15) is 85.8 Å². The summed E-state index contributed by atoms with van der Waals surface area (Å²) in [5, 5.41) is 0. The first-order valence-electron chi connectivity index (χ1n) is 8.70. The molecule has 0 saturated heterocycles. The molecule has 0 aliphatic carbocycles. The van der Waals surface area contributed by atoms with Gasteiger partial charge in [0.05, 0.1) is 0 Å². The lowest BCUT2D eigenvalue weighted by Crippen LogP contribution is -1.77. The van der Waals surface area contributed by atoms with E-state index in [2.05, 4.69) is 79.0 Å². The summed E-state index contributed by atoms with van der Waals surface area (Å²) >= 11 is 0. The van der Waals surface area contributed by atoms with Gasteiger partial charge in [-0.25, -0.2) is 0 Å². The van der Waals surface area contributed by atoms with Crippen LogP contribution in [0.25, 0.3) is 0 Å². The van der Waals surface area contributed by atoms with Gasteiger partial charge in [-0.05, 0) is 39.2 Å². The normalized spacial score (nSPS) is 7.78. The Labute approximate surface area is 148 Å². The molecule has 0 aliphatic heterocycles. The Morgan fingerprint density at radius 3 is 1.52 bits per heavy atom. The van der Waals surface area contributed by atoms with Crippen LogP contribution < -0.4 is 0 Å². The van der Waals surface area contributed by atoms with E-state index in [1.165, 1.54) is 42.4 Å². The second-order valence-corrected chi connectivity index (χ2v) is 5.45. The van der Waals surface area contributed by atoms with Crippen molar-refractivity contribution in [2.45, 2.75) is 88.0 Å². The second kappa shape index (κ2) is 25.6. The van der Waals surface area contributed by atoms with Crippen LogP contribution in [0.3, 0.4) is 0 Å². The van der Waals surface area contributed by atoms with Gasteiger partial charge in [-0.2, -0.15) is 0 Å². The molecule has 0 radical (unpaired) electrons. The summed E-state index contributed by atoms with van der Waals surface area (Å²) in [6, 6.07) is 8.66. The summed E-state index contributed by atoms with van der Waals surface area (Å²) in [6.45, 7) is 21.9. The lowest BCUT2D eigenvalue weighted by atomic mass is 10.1. The molecule has 0 aromatic heterocycles. The van der Waals surface area contributed by atoms with Gasteiger partial charge in [0.25, 0.3) is 0 Å². The molecule has 0 nitrogen and oxygen atoms in total. The van der Waals surface area contributed by atoms with E-state index in [0.29, 0.717) is 0 Å². The molecule has 0 spiro atoms. The molecule has 136 valence electrons. The molecule has 0 N–H and O–H groups in total. The smallest absolute Gasteiger partial charge is 0.0307 e. The highest BCUT2D eigenvalue weighted by Gasteiger charge is 1.84.